The summed E-state index contributed by atoms with van der Waals surface area (Å²) in [6, 6.07) is 9.27. The Kier molecular flexibility index (Phi) is 4.27. The van der Waals surface area contributed by atoms with Crippen LogP contribution in [0.15, 0.2) is 51.6 Å². The molecule has 4 rings (SSSR count). The molecule has 1 amide bonds. The molecule has 0 saturated carbocycles. The molecule has 3 heterocycles. The Bertz CT molecular complexity index is 1170. The van der Waals surface area contributed by atoms with Gasteiger partial charge in [-0.1, -0.05) is 0 Å². The van der Waals surface area contributed by atoms with Crippen LogP contribution in [0, 0.1) is 12.7 Å². The van der Waals surface area contributed by atoms with Crippen molar-refractivity contribution >= 4 is 38.6 Å². The van der Waals surface area contributed by atoms with Crippen LogP contribution in [0.4, 0.5) is 10.1 Å². The van der Waals surface area contributed by atoms with Gasteiger partial charge in [0.2, 0.25) is 0 Å². The van der Waals surface area contributed by atoms with Crippen molar-refractivity contribution in [2.45, 2.75) is 6.92 Å². The van der Waals surface area contributed by atoms with Crippen molar-refractivity contribution in [3.63, 3.8) is 0 Å². The fourth-order valence-electron chi connectivity index (χ4n) is 2.95. The van der Waals surface area contributed by atoms with Crippen molar-refractivity contribution in [1.82, 2.24) is 14.8 Å². The van der Waals surface area contributed by atoms with Crippen LogP contribution >= 0.6 is 15.9 Å². The fourth-order valence-corrected chi connectivity index (χ4v) is 3.40. The number of carbonyl (C=O) groups is 1. The Hall–Kier alpha value is -3.00. The molecule has 3 aromatic heterocycles. The highest BCUT2D eigenvalue weighted by Gasteiger charge is 2.20. The van der Waals surface area contributed by atoms with Crippen LogP contribution in [0.2, 0.25) is 0 Å². The summed E-state index contributed by atoms with van der Waals surface area (Å²) >= 11 is 3.26. The molecule has 0 spiro atoms. The molecule has 4 aromatic rings. The minimum atomic E-state index is -0.394. The third kappa shape index (κ3) is 3.12. The Labute approximate surface area is 162 Å². The topological polar surface area (TPSA) is 73.0 Å². The Morgan fingerprint density at radius 3 is 2.81 bits per heavy atom. The quantitative estimate of drug-likeness (QED) is 0.513. The molecule has 27 heavy (non-hydrogen) atoms. The van der Waals surface area contributed by atoms with Gasteiger partial charge in [0.25, 0.3) is 5.91 Å². The van der Waals surface area contributed by atoms with Crippen molar-refractivity contribution in [1.29, 1.82) is 0 Å². The van der Waals surface area contributed by atoms with Crippen molar-refractivity contribution in [3.8, 4) is 11.5 Å². The summed E-state index contributed by atoms with van der Waals surface area (Å²) in [5, 5.41) is 7.84. The summed E-state index contributed by atoms with van der Waals surface area (Å²) in [7, 11) is 1.77. The van der Waals surface area contributed by atoms with Gasteiger partial charge in [0.1, 0.15) is 11.5 Å². The Balaban J connectivity index is 1.85. The smallest absolute Gasteiger partial charge is 0.256 e. The molecule has 0 radical (unpaired) electrons. The first-order chi connectivity index (χ1) is 12.9. The SMILES string of the molecule is Cc1nn(C)c2nc(-c3ccco3)cc(C(=O)Nc3ccc(F)cc3Br)c12. The number of nitrogens with one attached hydrogen (secondary N) is 1. The van der Waals surface area contributed by atoms with Gasteiger partial charge in [-0.05, 0) is 59.3 Å². The number of hydrogen-bond acceptors (Lipinski definition) is 4. The zero-order valence-electron chi connectivity index (χ0n) is 14.5. The molecule has 136 valence electrons. The van der Waals surface area contributed by atoms with E-state index < -0.39 is 5.82 Å². The number of benzene rings is 1. The van der Waals surface area contributed by atoms with Crippen LogP contribution in [-0.4, -0.2) is 20.7 Å². The van der Waals surface area contributed by atoms with Gasteiger partial charge in [0.05, 0.1) is 28.6 Å². The molecule has 0 aliphatic heterocycles. The van der Waals surface area contributed by atoms with Gasteiger partial charge in [-0.2, -0.15) is 5.10 Å². The van der Waals surface area contributed by atoms with Gasteiger partial charge in [0, 0.05) is 11.5 Å². The van der Waals surface area contributed by atoms with Crippen LogP contribution in [0.25, 0.3) is 22.5 Å². The minimum absolute atomic E-state index is 0.349. The van der Waals surface area contributed by atoms with Crippen LogP contribution in [0.5, 0.6) is 0 Å². The van der Waals surface area contributed by atoms with E-state index in [0.29, 0.717) is 43.9 Å². The Morgan fingerprint density at radius 2 is 2.11 bits per heavy atom. The molecule has 1 aromatic carbocycles. The Morgan fingerprint density at radius 1 is 1.30 bits per heavy atom. The molecule has 1 N–H and O–H groups in total. The van der Waals surface area contributed by atoms with E-state index in [9.17, 15) is 9.18 Å². The predicted molar refractivity (Wildman–Crippen MR) is 103 cm³/mol. The lowest BCUT2D eigenvalue weighted by Crippen LogP contribution is -2.13. The summed E-state index contributed by atoms with van der Waals surface area (Å²) in [5.74, 6) is -0.194. The maximum atomic E-state index is 13.3. The van der Waals surface area contributed by atoms with Gasteiger partial charge in [-0.15, -0.1) is 0 Å². The second kappa shape index (κ2) is 6.62. The van der Waals surface area contributed by atoms with E-state index in [4.69, 9.17) is 4.42 Å². The lowest BCUT2D eigenvalue weighted by molar-refractivity contribution is 0.102. The van der Waals surface area contributed by atoms with Crippen molar-refractivity contribution in [2.75, 3.05) is 5.32 Å². The number of pyridine rings is 1. The van der Waals surface area contributed by atoms with E-state index in [-0.39, 0.29) is 5.91 Å². The largest absolute Gasteiger partial charge is 0.463 e. The van der Waals surface area contributed by atoms with E-state index in [1.807, 2.05) is 6.92 Å². The molecule has 0 fully saturated rings. The zero-order chi connectivity index (χ0) is 19.1. The first kappa shape index (κ1) is 17.4. The van der Waals surface area contributed by atoms with Crippen LogP contribution < -0.4 is 5.32 Å². The molecule has 0 unspecified atom stereocenters. The number of carbonyl (C=O) groups excluding carboxylic acids is 1. The molecule has 0 bridgehead atoms. The second-order valence-electron chi connectivity index (χ2n) is 6.02. The molecule has 0 atom stereocenters. The number of halogens is 2. The summed E-state index contributed by atoms with van der Waals surface area (Å²) in [4.78, 5) is 17.6. The van der Waals surface area contributed by atoms with Crippen molar-refractivity contribution < 1.29 is 13.6 Å². The lowest BCUT2D eigenvalue weighted by Gasteiger charge is -2.10. The number of aryl methyl sites for hydroxylation is 2. The summed E-state index contributed by atoms with van der Waals surface area (Å²) in [6.45, 7) is 1.82. The van der Waals surface area contributed by atoms with E-state index in [1.165, 1.54) is 18.2 Å². The maximum absolute atomic E-state index is 13.3. The summed E-state index contributed by atoms with van der Waals surface area (Å²) < 4.78 is 20.8. The van der Waals surface area contributed by atoms with Gasteiger partial charge in [0.15, 0.2) is 11.4 Å². The highest BCUT2D eigenvalue weighted by Crippen LogP contribution is 2.29. The number of nitrogens with zero attached hydrogens (tertiary/aromatic N) is 3. The molecule has 0 aliphatic carbocycles. The highest BCUT2D eigenvalue weighted by molar-refractivity contribution is 9.10. The van der Waals surface area contributed by atoms with Crippen LogP contribution in [0.3, 0.4) is 0 Å². The highest BCUT2D eigenvalue weighted by atomic mass is 79.9. The zero-order valence-corrected chi connectivity index (χ0v) is 16.0. The molecule has 8 heteroatoms. The van der Waals surface area contributed by atoms with Crippen LogP contribution in [-0.2, 0) is 7.05 Å². The number of furan rings is 1. The third-order valence-corrected chi connectivity index (χ3v) is 4.82. The summed E-state index contributed by atoms with van der Waals surface area (Å²) in [5.41, 5.74) is 2.67. The number of amides is 1. The van der Waals surface area contributed by atoms with Gasteiger partial charge in [-0.3, -0.25) is 9.48 Å². The minimum Gasteiger partial charge on any atom is -0.463 e. The standard InChI is InChI=1S/C19H14BrFN4O2/c1-10-17-12(19(26)23-14-6-5-11(21)8-13(14)20)9-15(16-4-3-7-27-16)22-18(17)25(2)24-10/h3-9H,1-2H3,(H,23,26). The second-order valence-corrected chi connectivity index (χ2v) is 6.87. The first-order valence-electron chi connectivity index (χ1n) is 8.08. The average Bonchev–Trinajstić information content (AvgIpc) is 3.26. The molecule has 0 aliphatic rings. The third-order valence-electron chi connectivity index (χ3n) is 4.17. The van der Waals surface area contributed by atoms with E-state index in [1.54, 1.807) is 36.2 Å². The molecule has 6 nitrogen and oxygen atoms in total. The maximum Gasteiger partial charge on any atom is 0.256 e. The number of fused-ring (bicyclic) bond motifs is 1. The molecular weight excluding hydrogens is 415 g/mol. The van der Waals surface area contributed by atoms with Gasteiger partial charge < -0.3 is 9.73 Å². The van der Waals surface area contributed by atoms with E-state index >= 15 is 0 Å². The number of rotatable bonds is 3. The van der Waals surface area contributed by atoms with E-state index in [2.05, 4.69) is 31.3 Å². The molecular formula is C19H14BrFN4O2. The predicted octanol–water partition coefficient (Wildman–Crippen LogP) is 4.69. The fraction of sp³-hybridized carbons (Fsp3) is 0.105. The van der Waals surface area contributed by atoms with E-state index in [0.717, 1.165) is 0 Å². The monoisotopic (exact) mass is 428 g/mol. The number of hydrogen-bond donors (Lipinski definition) is 1. The normalized spacial score (nSPS) is 11.1. The first-order valence-corrected chi connectivity index (χ1v) is 8.88. The van der Waals surface area contributed by atoms with Crippen molar-refractivity contribution in [2.24, 2.45) is 7.05 Å². The van der Waals surface area contributed by atoms with Gasteiger partial charge in [-0.25, -0.2) is 9.37 Å². The average molecular weight is 429 g/mol. The summed E-state index contributed by atoms with van der Waals surface area (Å²) in [6.07, 6.45) is 1.55. The lowest BCUT2D eigenvalue weighted by atomic mass is 10.1. The molecule has 0 saturated heterocycles. The van der Waals surface area contributed by atoms with Crippen LogP contribution in [0.1, 0.15) is 16.1 Å². The van der Waals surface area contributed by atoms with Crippen molar-refractivity contribution in [3.05, 3.63) is 64.2 Å². The number of anilines is 1. The van der Waals surface area contributed by atoms with Gasteiger partial charge >= 0.3 is 0 Å². The number of aromatic nitrogens is 3.